The highest BCUT2D eigenvalue weighted by atomic mass is 16.5. The van der Waals surface area contributed by atoms with Crippen molar-refractivity contribution in [2.45, 2.75) is 6.42 Å². The summed E-state index contributed by atoms with van der Waals surface area (Å²) in [4.78, 5) is 12.5. The summed E-state index contributed by atoms with van der Waals surface area (Å²) in [6, 6.07) is 12.2. The predicted octanol–water partition coefficient (Wildman–Crippen LogP) is 3.70. The molecule has 1 unspecified atom stereocenters. The molecule has 3 rings (SSSR count). The van der Waals surface area contributed by atoms with Crippen molar-refractivity contribution < 1.29 is 9.53 Å². The summed E-state index contributed by atoms with van der Waals surface area (Å²) in [6.45, 7) is 0.615. The normalized spacial score (nSPS) is 17.7. The Hall–Kier alpha value is -1.93. The molecule has 0 N–H and O–H groups in total. The van der Waals surface area contributed by atoms with Gasteiger partial charge in [0, 0.05) is 25.2 Å². The molecule has 2 aromatic rings. The number of benzene rings is 2. The molecule has 0 aliphatic heterocycles. The Morgan fingerprint density at radius 2 is 1.89 bits per heavy atom. The van der Waals surface area contributed by atoms with Gasteiger partial charge in [0.1, 0.15) is 0 Å². The van der Waals surface area contributed by atoms with Crippen molar-refractivity contribution in [1.29, 1.82) is 0 Å². The van der Waals surface area contributed by atoms with E-state index in [1.54, 1.807) is 7.11 Å². The maximum absolute atomic E-state index is 12.5. The van der Waals surface area contributed by atoms with Crippen LogP contribution in [0.25, 0.3) is 16.8 Å². The van der Waals surface area contributed by atoms with E-state index in [1.807, 2.05) is 30.3 Å². The zero-order valence-electron chi connectivity index (χ0n) is 10.9. The monoisotopic (exact) mass is 252 g/mol. The van der Waals surface area contributed by atoms with Gasteiger partial charge >= 0.3 is 0 Å². The molecule has 2 aromatic carbocycles. The number of hydrogen-bond donors (Lipinski definition) is 0. The third-order valence-corrected chi connectivity index (χ3v) is 3.66. The quantitative estimate of drug-likeness (QED) is 0.832. The highest BCUT2D eigenvalue weighted by molar-refractivity contribution is 6.07. The zero-order chi connectivity index (χ0) is 13.2. The number of methoxy groups -OCH3 is 1. The lowest BCUT2D eigenvalue weighted by Crippen LogP contribution is -2.18. The average Bonchev–Trinajstić information content (AvgIpc) is 2.45. The summed E-state index contributed by atoms with van der Waals surface area (Å²) < 4.78 is 5.07. The van der Waals surface area contributed by atoms with E-state index in [0.717, 1.165) is 22.9 Å². The van der Waals surface area contributed by atoms with Crippen LogP contribution in [0.5, 0.6) is 0 Å². The van der Waals surface area contributed by atoms with Gasteiger partial charge < -0.3 is 4.74 Å². The fourth-order valence-electron chi connectivity index (χ4n) is 2.59. The second-order valence-corrected chi connectivity index (χ2v) is 4.90. The maximum atomic E-state index is 12.5. The Kier molecular flexibility index (Phi) is 3.18. The lowest BCUT2D eigenvalue weighted by atomic mass is 9.85. The Balaban J connectivity index is 2.03. The number of fused-ring (bicyclic) bond motifs is 2. The summed E-state index contributed by atoms with van der Waals surface area (Å²) in [5, 5.41) is 2.30. The van der Waals surface area contributed by atoms with Crippen molar-refractivity contribution in [1.82, 2.24) is 0 Å². The Morgan fingerprint density at radius 3 is 2.63 bits per heavy atom. The van der Waals surface area contributed by atoms with Gasteiger partial charge in [0.25, 0.3) is 0 Å². The molecule has 0 bridgehead atoms. The second-order valence-electron chi connectivity index (χ2n) is 4.90. The number of rotatable bonds is 3. The minimum absolute atomic E-state index is 0.0476. The molecule has 2 heteroatoms. The first kappa shape index (κ1) is 12.1. The topological polar surface area (TPSA) is 26.3 Å². The van der Waals surface area contributed by atoms with Crippen LogP contribution in [0.1, 0.15) is 22.3 Å². The molecule has 0 heterocycles. The average molecular weight is 252 g/mol. The smallest absolute Gasteiger partial charge is 0.170 e. The van der Waals surface area contributed by atoms with E-state index in [1.165, 1.54) is 5.39 Å². The molecule has 0 radical (unpaired) electrons. The Labute approximate surface area is 112 Å². The van der Waals surface area contributed by atoms with Gasteiger partial charge in [0.05, 0.1) is 0 Å². The zero-order valence-corrected chi connectivity index (χ0v) is 10.9. The first-order chi connectivity index (χ1) is 9.29. The minimum atomic E-state index is -0.0476. The van der Waals surface area contributed by atoms with Crippen molar-refractivity contribution in [3.8, 4) is 0 Å². The van der Waals surface area contributed by atoms with Crippen molar-refractivity contribution in [2.24, 2.45) is 5.92 Å². The number of ether oxygens (including phenoxy) is 1. The number of carbonyl (C=O) groups excluding carboxylic acids is 1. The summed E-state index contributed by atoms with van der Waals surface area (Å²) in [6.07, 6.45) is 4.81. The fourth-order valence-corrected chi connectivity index (χ4v) is 2.59. The van der Waals surface area contributed by atoms with Crippen LogP contribution in [-0.2, 0) is 4.74 Å². The highest BCUT2D eigenvalue weighted by Gasteiger charge is 2.23. The van der Waals surface area contributed by atoms with Crippen LogP contribution in [-0.4, -0.2) is 19.5 Å². The Morgan fingerprint density at radius 1 is 1.16 bits per heavy atom. The molecule has 1 aliphatic carbocycles. The molecule has 0 spiro atoms. The molecular weight excluding hydrogens is 236 g/mol. The van der Waals surface area contributed by atoms with Gasteiger partial charge in [-0.25, -0.2) is 0 Å². The van der Waals surface area contributed by atoms with Crippen molar-refractivity contribution in [3.63, 3.8) is 0 Å². The highest BCUT2D eigenvalue weighted by Crippen LogP contribution is 2.29. The third-order valence-electron chi connectivity index (χ3n) is 3.66. The third kappa shape index (κ3) is 2.20. The molecule has 0 aromatic heterocycles. The summed E-state index contributed by atoms with van der Waals surface area (Å²) in [7, 11) is 1.67. The van der Waals surface area contributed by atoms with Crippen LogP contribution in [0.3, 0.4) is 0 Å². The summed E-state index contributed by atoms with van der Waals surface area (Å²) >= 11 is 0. The van der Waals surface area contributed by atoms with E-state index in [0.29, 0.717) is 6.61 Å². The molecule has 0 saturated carbocycles. The lowest BCUT2D eigenvalue weighted by Gasteiger charge is -2.18. The molecule has 96 valence electrons. The van der Waals surface area contributed by atoms with Gasteiger partial charge in [0.2, 0.25) is 0 Å². The first-order valence-corrected chi connectivity index (χ1v) is 6.54. The van der Waals surface area contributed by atoms with Crippen LogP contribution >= 0.6 is 0 Å². The SMILES string of the molecule is COCCC1C=Cc2cc3ccccc3cc2C1=O. The van der Waals surface area contributed by atoms with E-state index in [-0.39, 0.29) is 11.7 Å². The minimum Gasteiger partial charge on any atom is -0.385 e. The summed E-state index contributed by atoms with van der Waals surface area (Å²) in [5.74, 6) is 0.161. The molecule has 2 nitrogen and oxygen atoms in total. The lowest BCUT2D eigenvalue weighted by molar-refractivity contribution is 0.0912. The number of allylic oxidation sites excluding steroid dienone is 1. The van der Waals surface area contributed by atoms with Crippen LogP contribution in [0.2, 0.25) is 0 Å². The molecule has 1 atom stereocenters. The summed E-state index contributed by atoms with van der Waals surface area (Å²) in [5.41, 5.74) is 1.86. The van der Waals surface area contributed by atoms with Gasteiger partial charge in [-0.1, -0.05) is 36.4 Å². The first-order valence-electron chi connectivity index (χ1n) is 6.54. The molecule has 0 saturated heterocycles. The van der Waals surface area contributed by atoms with E-state index in [2.05, 4.69) is 18.2 Å². The van der Waals surface area contributed by atoms with Gasteiger partial charge in [-0.15, -0.1) is 0 Å². The number of Topliss-reactive ketones (excluding diaryl/α,β-unsaturated/α-hetero) is 1. The molecule has 19 heavy (non-hydrogen) atoms. The van der Waals surface area contributed by atoms with Gasteiger partial charge in [-0.3, -0.25) is 4.79 Å². The number of ketones is 1. The van der Waals surface area contributed by atoms with Gasteiger partial charge in [0.15, 0.2) is 5.78 Å². The Bertz CT molecular complexity index is 655. The van der Waals surface area contributed by atoms with Crippen molar-refractivity contribution in [3.05, 3.63) is 53.6 Å². The number of carbonyl (C=O) groups is 1. The van der Waals surface area contributed by atoms with E-state index < -0.39 is 0 Å². The van der Waals surface area contributed by atoms with E-state index in [9.17, 15) is 4.79 Å². The fraction of sp³-hybridized carbons (Fsp3) is 0.235. The second kappa shape index (κ2) is 4.98. The van der Waals surface area contributed by atoms with Crippen LogP contribution < -0.4 is 0 Å². The maximum Gasteiger partial charge on any atom is 0.170 e. The van der Waals surface area contributed by atoms with Crippen LogP contribution in [0.4, 0.5) is 0 Å². The molecule has 0 fully saturated rings. The van der Waals surface area contributed by atoms with Crippen LogP contribution in [0.15, 0.2) is 42.5 Å². The van der Waals surface area contributed by atoms with Crippen molar-refractivity contribution in [2.75, 3.05) is 13.7 Å². The molecular formula is C17H16O2. The molecule has 1 aliphatic rings. The van der Waals surface area contributed by atoms with E-state index >= 15 is 0 Å². The van der Waals surface area contributed by atoms with E-state index in [4.69, 9.17) is 4.74 Å². The molecule has 0 amide bonds. The van der Waals surface area contributed by atoms with Gasteiger partial charge in [-0.05, 0) is 34.9 Å². The standard InChI is InChI=1S/C17H16O2/c1-19-9-8-12-6-7-15-10-13-4-2-3-5-14(13)11-16(15)17(12)18/h2-7,10-12H,8-9H2,1H3. The number of hydrogen-bond acceptors (Lipinski definition) is 2. The van der Waals surface area contributed by atoms with Gasteiger partial charge in [-0.2, -0.15) is 0 Å². The van der Waals surface area contributed by atoms with Crippen LogP contribution in [0, 0.1) is 5.92 Å². The van der Waals surface area contributed by atoms with Crippen molar-refractivity contribution >= 4 is 22.6 Å². The largest absolute Gasteiger partial charge is 0.385 e. The predicted molar refractivity (Wildman–Crippen MR) is 77.3 cm³/mol.